The molecule has 1 heterocycles. The van der Waals surface area contributed by atoms with Crippen LogP contribution < -0.4 is 5.32 Å². The van der Waals surface area contributed by atoms with E-state index < -0.39 is 4.92 Å². The summed E-state index contributed by atoms with van der Waals surface area (Å²) in [4.78, 5) is 10.6. The Kier molecular flexibility index (Phi) is 4.39. The Bertz CT molecular complexity index is 572. The zero-order chi connectivity index (χ0) is 13.8. The van der Waals surface area contributed by atoms with Crippen LogP contribution in [0.5, 0.6) is 0 Å². The summed E-state index contributed by atoms with van der Waals surface area (Å²) in [5.41, 5.74) is 1.61. The van der Waals surface area contributed by atoms with E-state index >= 15 is 0 Å². The van der Waals surface area contributed by atoms with Crippen molar-refractivity contribution in [2.45, 2.75) is 19.4 Å². The highest BCUT2D eigenvalue weighted by molar-refractivity contribution is 7.07. The molecule has 4 nitrogen and oxygen atoms in total. The molecule has 2 aromatic rings. The van der Waals surface area contributed by atoms with Crippen LogP contribution in [-0.2, 0) is 6.42 Å². The maximum absolute atomic E-state index is 11.0. The van der Waals surface area contributed by atoms with Gasteiger partial charge in [0.2, 0.25) is 0 Å². The molecule has 1 atom stereocenters. The number of nitrogens with zero attached hydrogens (tertiary/aromatic N) is 1. The van der Waals surface area contributed by atoms with Gasteiger partial charge in [-0.15, -0.1) is 0 Å². The molecule has 19 heavy (non-hydrogen) atoms. The number of hydrogen-bond acceptors (Lipinski definition) is 4. The van der Waals surface area contributed by atoms with Gasteiger partial charge in [0.1, 0.15) is 10.7 Å². The Labute approximate surface area is 120 Å². The van der Waals surface area contributed by atoms with Crippen molar-refractivity contribution >= 4 is 34.3 Å². The summed E-state index contributed by atoms with van der Waals surface area (Å²) in [6.45, 7) is 1.99. The lowest BCUT2D eigenvalue weighted by Crippen LogP contribution is -2.18. The number of thiophene rings is 1. The summed E-state index contributed by atoms with van der Waals surface area (Å²) in [7, 11) is 0. The number of para-hydroxylation sites is 1. The molecule has 0 amide bonds. The number of hydrogen-bond donors (Lipinski definition) is 1. The molecule has 0 aliphatic heterocycles. The van der Waals surface area contributed by atoms with Crippen LogP contribution in [0.25, 0.3) is 0 Å². The zero-order valence-electron chi connectivity index (χ0n) is 10.3. The number of rotatable bonds is 5. The van der Waals surface area contributed by atoms with Gasteiger partial charge in [-0.1, -0.05) is 17.7 Å². The fourth-order valence-electron chi connectivity index (χ4n) is 1.90. The highest BCUT2D eigenvalue weighted by Crippen LogP contribution is 2.32. The van der Waals surface area contributed by atoms with Gasteiger partial charge < -0.3 is 5.32 Å². The number of anilines is 1. The van der Waals surface area contributed by atoms with E-state index in [0.717, 1.165) is 6.42 Å². The van der Waals surface area contributed by atoms with Gasteiger partial charge in [0.25, 0.3) is 0 Å². The van der Waals surface area contributed by atoms with Crippen molar-refractivity contribution in [3.63, 3.8) is 0 Å². The summed E-state index contributed by atoms with van der Waals surface area (Å²) in [6, 6.07) is 7.04. The van der Waals surface area contributed by atoms with Gasteiger partial charge >= 0.3 is 5.69 Å². The van der Waals surface area contributed by atoms with Crippen molar-refractivity contribution in [1.82, 2.24) is 0 Å². The standard InChI is InChI=1S/C13H13ClN2O2S/c1-9(7-10-5-6-19-8-10)15-12-4-2-3-11(14)13(12)16(17)18/h2-6,8-9,15H,7H2,1H3. The van der Waals surface area contributed by atoms with Crippen LogP contribution in [0.4, 0.5) is 11.4 Å². The van der Waals surface area contributed by atoms with E-state index in [1.54, 1.807) is 23.5 Å². The van der Waals surface area contributed by atoms with E-state index in [1.807, 2.05) is 12.3 Å². The van der Waals surface area contributed by atoms with E-state index in [1.165, 1.54) is 11.6 Å². The second kappa shape index (κ2) is 6.04. The molecule has 0 spiro atoms. The molecule has 1 unspecified atom stereocenters. The number of nitro benzene ring substituents is 1. The lowest BCUT2D eigenvalue weighted by Gasteiger charge is -2.15. The quantitative estimate of drug-likeness (QED) is 0.659. The van der Waals surface area contributed by atoms with Crippen LogP contribution in [0, 0.1) is 10.1 Å². The lowest BCUT2D eigenvalue weighted by molar-refractivity contribution is -0.383. The first-order chi connectivity index (χ1) is 9.08. The summed E-state index contributed by atoms with van der Waals surface area (Å²) < 4.78 is 0. The number of benzene rings is 1. The van der Waals surface area contributed by atoms with Crippen LogP contribution in [0.2, 0.25) is 5.02 Å². The summed E-state index contributed by atoms with van der Waals surface area (Å²) in [6.07, 6.45) is 0.813. The zero-order valence-corrected chi connectivity index (χ0v) is 11.9. The van der Waals surface area contributed by atoms with Crippen molar-refractivity contribution in [2.24, 2.45) is 0 Å². The molecule has 0 bridgehead atoms. The molecular weight excluding hydrogens is 284 g/mol. The van der Waals surface area contributed by atoms with Gasteiger partial charge in [0, 0.05) is 6.04 Å². The van der Waals surface area contributed by atoms with Crippen LogP contribution in [0.15, 0.2) is 35.0 Å². The number of halogens is 1. The summed E-state index contributed by atoms with van der Waals surface area (Å²) >= 11 is 7.51. The molecule has 2 rings (SSSR count). The molecule has 0 saturated carbocycles. The summed E-state index contributed by atoms with van der Waals surface area (Å²) in [5.74, 6) is 0. The van der Waals surface area contributed by atoms with Crippen LogP contribution in [0.1, 0.15) is 12.5 Å². The molecule has 1 aromatic heterocycles. The van der Waals surface area contributed by atoms with Crippen LogP contribution >= 0.6 is 22.9 Å². The van der Waals surface area contributed by atoms with E-state index in [2.05, 4.69) is 16.8 Å². The van der Waals surface area contributed by atoms with E-state index in [9.17, 15) is 10.1 Å². The smallest absolute Gasteiger partial charge is 0.310 e. The third-order valence-corrected chi connectivity index (χ3v) is 3.73. The molecule has 0 fully saturated rings. The number of nitrogens with one attached hydrogen (secondary N) is 1. The van der Waals surface area contributed by atoms with E-state index in [-0.39, 0.29) is 16.8 Å². The minimum Gasteiger partial charge on any atom is -0.377 e. The minimum atomic E-state index is -0.456. The fourth-order valence-corrected chi connectivity index (χ4v) is 2.82. The predicted octanol–water partition coefficient (Wildman–Crippen LogP) is 4.35. The molecule has 100 valence electrons. The minimum absolute atomic E-state index is 0.0682. The lowest BCUT2D eigenvalue weighted by atomic mass is 10.1. The van der Waals surface area contributed by atoms with Crippen LogP contribution in [-0.4, -0.2) is 11.0 Å². The average molecular weight is 297 g/mol. The topological polar surface area (TPSA) is 55.2 Å². The van der Waals surface area contributed by atoms with Crippen molar-refractivity contribution in [2.75, 3.05) is 5.32 Å². The molecular formula is C13H13ClN2O2S. The SMILES string of the molecule is CC(Cc1ccsc1)Nc1cccc(Cl)c1[N+](=O)[O-]. The molecule has 0 saturated heterocycles. The van der Waals surface area contributed by atoms with Gasteiger partial charge in [-0.25, -0.2) is 0 Å². The highest BCUT2D eigenvalue weighted by atomic mass is 35.5. The monoisotopic (exact) mass is 296 g/mol. The first-order valence-electron chi connectivity index (χ1n) is 5.78. The first kappa shape index (κ1) is 13.8. The summed E-state index contributed by atoms with van der Waals surface area (Å²) in [5, 5.41) is 18.4. The third kappa shape index (κ3) is 3.45. The second-order valence-corrected chi connectivity index (χ2v) is 5.46. The largest absolute Gasteiger partial charge is 0.377 e. The second-order valence-electron chi connectivity index (χ2n) is 4.27. The van der Waals surface area contributed by atoms with Gasteiger partial charge in [0.15, 0.2) is 0 Å². The highest BCUT2D eigenvalue weighted by Gasteiger charge is 2.19. The Morgan fingerprint density at radius 1 is 1.47 bits per heavy atom. The Balaban J connectivity index is 2.14. The van der Waals surface area contributed by atoms with Crippen molar-refractivity contribution in [1.29, 1.82) is 0 Å². The molecule has 0 aliphatic carbocycles. The fraction of sp³-hybridized carbons (Fsp3) is 0.231. The Morgan fingerprint density at radius 3 is 2.89 bits per heavy atom. The van der Waals surface area contributed by atoms with Crippen molar-refractivity contribution < 1.29 is 4.92 Å². The Morgan fingerprint density at radius 2 is 2.26 bits per heavy atom. The van der Waals surface area contributed by atoms with Crippen molar-refractivity contribution in [3.05, 3.63) is 55.7 Å². The van der Waals surface area contributed by atoms with E-state index in [4.69, 9.17) is 11.6 Å². The van der Waals surface area contributed by atoms with E-state index in [0.29, 0.717) is 5.69 Å². The molecule has 0 aliphatic rings. The van der Waals surface area contributed by atoms with Gasteiger partial charge in [0.05, 0.1) is 4.92 Å². The molecule has 1 N–H and O–H groups in total. The van der Waals surface area contributed by atoms with Crippen LogP contribution in [0.3, 0.4) is 0 Å². The average Bonchev–Trinajstić information content (AvgIpc) is 2.81. The first-order valence-corrected chi connectivity index (χ1v) is 7.10. The maximum atomic E-state index is 11.0. The van der Waals surface area contributed by atoms with Gasteiger partial charge in [-0.05, 0) is 47.9 Å². The predicted molar refractivity (Wildman–Crippen MR) is 79.2 cm³/mol. The number of nitro groups is 1. The normalized spacial score (nSPS) is 12.1. The van der Waals surface area contributed by atoms with Gasteiger partial charge in [-0.2, -0.15) is 11.3 Å². The Hall–Kier alpha value is -1.59. The maximum Gasteiger partial charge on any atom is 0.310 e. The molecule has 1 aromatic carbocycles. The molecule has 0 radical (unpaired) electrons. The van der Waals surface area contributed by atoms with Crippen molar-refractivity contribution in [3.8, 4) is 0 Å². The van der Waals surface area contributed by atoms with Gasteiger partial charge in [-0.3, -0.25) is 10.1 Å². The molecule has 6 heteroatoms. The third-order valence-electron chi connectivity index (χ3n) is 2.69.